The summed E-state index contributed by atoms with van der Waals surface area (Å²) in [7, 11) is 0. The molecular weight excluding hydrogens is 328 g/mol. The highest BCUT2D eigenvalue weighted by molar-refractivity contribution is 7.99. The van der Waals surface area contributed by atoms with Crippen molar-refractivity contribution in [1.29, 1.82) is 5.26 Å². The summed E-state index contributed by atoms with van der Waals surface area (Å²) < 4.78 is 5.63. The number of non-ortho nitro benzene ring substituents is 1. The molecule has 0 saturated heterocycles. The monoisotopic (exact) mass is 338 g/mol. The highest BCUT2D eigenvalue weighted by Gasteiger charge is 2.16. The second-order valence-corrected chi connectivity index (χ2v) is 5.83. The van der Waals surface area contributed by atoms with Crippen LogP contribution in [0.2, 0.25) is 0 Å². The van der Waals surface area contributed by atoms with Gasteiger partial charge < -0.3 is 4.42 Å². The van der Waals surface area contributed by atoms with Crippen LogP contribution in [-0.4, -0.2) is 15.1 Å². The number of hydrogen-bond acceptors (Lipinski definition) is 7. The first-order valence-electron chi connectivity index (χ1n) is 6.84. The van der Waals surface area contributed by atoms with Gasteiger partial charge in [0, 0.05) is 22.6 Å². The summed E-state index contributed by atoms with van der Waals surface area (Å²) >= 11 is 1.10. The van der Waals surface area contributed by atoms with Gasteiger partial charge in [-0.3, -0.25) is 10.1 Å². The van der Waals surface area contributed by atoms with Gasteiger partial charge in [0.1, 0.15) is 6.07 Å². The van der Waals surface area contributed by atoms with E-state index < -0.39 is 4.92 Å². The van der Waals surface area contributed by atoms with Crippen LogP contribution in [-0.2, 0) is 0 Å². The van der Waals surface area contributed by atoms with Gasteiger partial charge in [-0.05, 0) is 36.4 Å². The van der Waals surface area contributed by atoms with E-state index in [0.717, 1.165) is 22.9 Å². The van der Waals surface area contributed by atoms with Crippen molar-refractivity contribution in [3.63, 3.8) is 0 Å². The second-order valence-electron chi connectivity index (χ2n) is 4.84. The van der Waals surface area contributed by atoms with Crippen LogP contribution in [0.25, 0.3) is 11.5 Å². The predicted molar refractivity (Wildman–Crippen MR) is 86.4 cm³/mol. The molecule has 1 heterocycles. The molecule has 7 nitrogen and oxygen atoms in total. The lowest BCUT2D eigenvalue weighted by Crippen LogP contribution is -1.90. The molecule has 2 aromatic carbocycles. The third-order valence-electron chi connectivity index (χ3n) is 3.27. The van der Waals surface area contributed by atoms with Crippen LogP contribution >= 0.6 is 11.8 Å². The van der Waals surface area contributed by atoms with E-state index in [1.54, 1.807) is 0 Å². The van der Waals surface area contributed by atoms with E-state index in [-0.39, 0.29) is 16.5 Å². The summed E-state index contributed by atoms with van der Waals surface area (Å²) in [5.41, 5.74) is 1.89. The molecule has 0 bridgehead atoms. The summed E-state index contributed by atoms with van der Waals surface area (Å²) in [6, 6.07) is 13.6. The molecule has 24 heavy (non-hydrogen) atoms. The Balaban J connectivity index is 1.89. The first kappa shape index (κ1) is 15.7. The number of rotatable bonds is 4. The number of nitrogens with zero attached hydrogens (tertiary/aromatic N) is 4. The Morgan fingerprint density at radius 1 is 1.25 bits per heavy atom. The van der Waals surface area contributed by atoms with Gasteiger partial charge in [0.2, 0.25) is 5.89 Å². The van der Waals surface area contributed by atoms with Crippen molar-refractivity contribution in [2.24, 2.45) is 0 Å². The van der Waals surface area contributed by atoms with Crippen LogP contribution in [0.1, 0.15) is 11.1 Å². The molecule has 8 heteroatoms. The largest absolute Gasteiger partial charge is 0.411 e. The Kier molecular flexibility index (Phi) is 4.26. The third kappa shape index (κ3) is 3.11. The minimum absolute atomic E-state index is 0.137. The highest BCUT2D eigenvalue weighted by atomic mass is 32.2. The van der Waals surface area contributed by atoms with Gasteiger partial charge in [-0.1, -0.05) is 18.2 Å². The quantitative estimate of drug-likeness (QED) is 0.523. The van der Waals surface area contributed by atoms with Crippen LogP contribution in [0.4, 0.5) is 5.69 Å². The summed E-state index contributed by atoms with van der Waals surface area (Å²) in [4.78, 5) is 10.8. The molecule has 0 aliphatic heterocycles. The molecule has 3 rings (SSSR count). The SMILES string of the molecule is Cc1ccccc1-c1nnc(Sc2ccc([N+](=O)[O-])cc2C#N)o1. The fourth-order valence-corrected chi connectivity index (χ4v) is 2.82. The number of nitro groups is 1. The molecule has 0 unspecified atom stereocenters. The fourth-order valence-electron chi connectivity index (χ4n) is 2.07. The van der Waals surface area contributed by atoms with Crippen molar-refractivity contribution in [3.8, 4) is 17.5 Å². The average Bonchev–Trinajstić information content (AvgIpc) is 3.03. The molecule has 0 radical (unpaired) electrons. The maximum Gasteiger partial charge on any atom is 0.281 e. The molecule has 3 aromatic rings. The van der Waals surface area contributed by atoms with E-state index in [1.807, 2.05) is 37.3 Å². The molecule has 0 amide bonds. The molecule has 0 N–H and O–H groups in total. The zero-order valence-corrected chi connectivity index (χ0v) is 13.3. The molecular formula is C16H10N4O3S. The number of aromatic nitrogens is 2. The van der Waals surface area contributed by atoms with Crippen LogP contribution in [0.5, 0.6) is 0 Å². The minimum Gasteiger partial charge on any atom is -0.411 e. The third-order valence-corrected chi connectivity index (χ3v) is 4.19. The smallest absolute Gasteiger partial charge is 0.281 e. The predicted octanol–water partition coefficient (Wildman–Crippen LogP) is 3.98. The van der Waals surface area contributed by atoms with E-state index in [1.165, 1.54) is 18.2 Å². The molecule has 1 aromatic heterocycles. The van der Waals surface area contributed by atoms with Crippen LogP contribution in [0.3, 0.4) is 0 Å². The first-order chi connectivity index (χ1) is 11.6. The normalized spacial score (nSPS) is 10.3. The van der Waals surface area contributed by atoms with E-state index >= 15 is 0 Å². The maximum atomic E-state index is 10.8. The second kappa shape index (κ2) is 6.52. The van der Waals surface area contributed by atoms with Crippen molar-refractivity contribution in [2.45, 2.75) is 17.0 Å². The zero-order valence-electron chi connectivity index (χ0n) is 12.5. The van der Waals surface area contributed by atoms with Crippen LogP contribution < -0.4 is 0 Å². The topological polar surface area (TPSA) is 106 Å². The van der Waals surface area contributed by atoms with Crippen molar-refractivity contribution in [2.75, 3.05) is 0 Å². The van der Waals surface area contributed by atoms with Crippen molar-refractivity contribution < 1.29 is 9.34 Å². The standard InChI is InChI=1S/C16H10N4O3S/c1-10-4-2-3-5-13(10)15-18-19-16(23-15)24-14-7-6-12(20(21)22)8-11(14)9-17/h2-8H,1H3. The Morgan fingerprint density at radius 2 is 2.04 bits per heavy atom. The summed E-state index contributed by atoms with van der Waals surface area (Å²) in [6.07, 6.45) is 0. The Bertz CT molecular complexity index is 962. The highest BCUT2D eigenvalue weighted by Crippen LogP contribution is 2.33. The van der Waals surface area contributed by atoms with E-state index in [2.05, 4.69) is 10.2 Å². The van der Waals surface area contributed by atoms with E-state index in [9.17, 15) is 10.1 Å². The molecule has 0 spiro atoms. The summed E-state index contributed by atoms with van der Waals surface area (Å²) in [6.45, 7) is 1.94. The van der Waals surface area contributed by atoms with Gasteiger partial charge in [0.05, 0.1) is 10.5 Å². The zero-order chi connectivity index (χ0) is 17.1. The van der Waals surface area contributed by atoms with E-state index in [0.29, 0.717) is 10.8 Å². The molecule has 0 saturated carbocycles. The van der Waals surface area contributed by atoms with Gasteiger partial charge >= 0.3 is 0 Å². The van der Waals surface area contributed by atoms with Crippen molar-refractivity contribution in [1.82, 2.24) is 10.2 Å². The van der Waals surface area contributed by atoms with E-state index in [4.69, 9.17) is 9.68 Å². The lowest BCUT2D eigenvalue weighted by molar-refractivity contribution is -0.384. The van der Waals surface area contributed by atoms with Gasteiger partial charge in [-0.15, -0.1) is 10.2 Å². The summed E-state index contributed by atoms with van der Waals surface area (Å²) in [5.74, 6) is 0.385. The molecule has 0 aliphatic carbocycles. The molecule has 0 atom stereocenters. The average molecular weight is 338 g/mol. The maximum absolute atomic E-state index is 10.8. The number of benzene rings is 2. The Hall–Kier alpha value is -3.18. The number of aryl methyl sites for hydroxylation is 1. The number of hydrogen-bond donors (Lipinski definition) is 0. The van der Waals surface area contributed by atoms with Gasteiger partial charge in [0.25, 0.3) is 10.9 Å². The fraction of sp³-hybridized carbons (Fsp3) is 0.0625. The van der Waals surface area contributed by atoms with Gasteiger partial charge in [0.15, 0.2) is 0 Å². The minimum atomic E-state index is -0.543. The summed E-state index contributed by atoms with van der Waals surface area (Å²) in [5, 5.41) is 28.2. The van der Waals surface area contributed by atoms with Gasteiger partial charge in [-0.2, -0.15) is 5.26 Å². The number of nitriles is 1. The molecule has 0 fully saturated rings. The number of nitro benzene ring substituents is 1. The Labute approximate surface area is 141 Å². The van der Waals surface area contributed by atoms with Crippen LogP contribution in [0.15, 0.2) is 57.0 Å². The molecule has 118 valence electrons. The Morgan fingerprint density at radius 3 is 2.75 bits per heavy atom. The lowest BCUT2D eigenvalue weighted by Gasteiger charge is -2.00. The van der Waals surface area contributed by atoms with Crippen molar-refractivity contribution in [3.05, 3.63) is 63.7 Å². The van der Waals surface area contributed by atoms with Crippen LogP contribution in [0, 0.1) is 28.4 Å². The lowest BCUT2D eigenvalue weighted by atomic mass is 10.1. The first-order valence-corrected chi connectivity index (χ1v) is 7.66. The van der Waals surface area contributed by atoms with Crippen molar-refractivity contribution >= 4 is 17.4 Å². The van der Waals surface area contributed by atoms with Gasteiger partial charge in [-0.25, -0.2) is 0 Å². The molecule has 0 aliphatic rings.